The fourth-order valence-corrected chi connectivity index (χ4v) is 2.98. The molecule has 25 heavy (non-hydrogen) atoms. The van der Waals surface area contributed by atoms with Gasteiger partial charge in [0.15, 0.2) is 11.4 Å². The summed E-state index contributed by atoms with van der Waals surface area (Å²) in [6.07, 6.45) is 2.65. The van der Waals surface area contributed by atoms with Crippen molar-refractivity contribution in [3.05, 3.63) is 65.1 Å². The molecule has 0 bridgehead atoms. The molecule has 3 rings (SSSR count). The van der Waals surface area contributed by atoms with E-state index in [-0.39, 0.29) is 5.91 Å². The number of hydrogen-bond donors (Lipinski definition) is 1. The first kappa shape index (κ1) is 17.0. The zero-order valence-corrected chi connectivity index (χ0v) is 14.9. The van der Waals surface area contributed by atoms with E-state index in [1.54, 1.807) is 4.40 Å². The lowest BCUT2D eigenvalue weighted by atomic mass is 10.1. The first-order chi connectivity index (χ1) is 12.1. The van der Waals surface area contributed by atoms with Crippen LogP contribution in [0.4, 0.5) is 0 Å². The summed E-state index contributed by atoms with van der Waals surface area (Å²) in [4.78, 5) is 17.2. The lowest BCUT2D eigenvalue weighted by molar-refractivity contribution is 0.0947. The summed E-state index contributed by atoms with van der Waals surface area (Å²) in [5.74, 6) is 0.569. The van der Waals surface area contributed by atoms with Crippen LogP contribution in [-0.4, -0.2) is 28.4 Å². The Bertz CT molecular complexity index is 899. The molecule has 5 nitrogen and oxygen atoms in total. The van der Waals surface area contributed by atoms with Gasteiger partial charge >= 0.3 is 0 Å². The Morgan fingerprint density at radius 3 is 2.76 bits per heavy atom. The monoisotopic (exact) mass is 337 g/mol. The van der Waals surface area contributed by atoms with Crippen molar-refractivity contribution in [1.29, 1.82) is 0 Å². The third-order valence-electron chi connectivity index (χ3n) is 4.24. The third-order valence-corrected chi connectivity index (χ3v) is 4.24. The molecule has 0 saturated heterocycles. The molecular weight excluding hydrogens is 314 g/mol. The number of aromatic nitrogens is 2. The molecule has 0 saturated carbocycles. The van der Waals surface area contributed by atoms with Gasteiger partial charge in [0.05, 0.1) is 12.3 Å². The van der Waals surface area contributed by atoms with E-state index >= 15 is 0 Å². The number of carbonyl (C=O) groups is 1. The minimum Gasteiger partial charge on any atom is -0.490 e. The van der Waals surface area contributed by atoms with E-state index < -0.39 is 0 Å². The number of amides is 1. The van der Waals surface area contributed by atoms with Crippen molar-refractivity contribution >= 4 is 11.6 Å². The molecule has 5 heteroatoms. The molecule has 3 aromatic rings. The standard InChI is InChI=1S/C20H23N3O2/c1-4-25-17-10-7-13-23-18(15(3)22-19(17)23)20(24)21-12-11-16-9-6-5-8-14(16)2/h5-10,13H,4,11-12H2,1-3H3,(H,21,24). The summed E-state index contributed by atoms with van der Waals surface area (Å²) in [6.45, 7) is 7.00. The summed E-state index contributed by atoms with van der Waals surface area (Å²) in [7, 11) is 0. The molecule has 0 fully saturated rings. The molecule has 2 aromatic heterocycles. The van der Waals surface area contributed by atoms with Gasteiger partial charge in [-0.15, -0.1) is 0 Å². The summed E-state index contributed by atoms with van der Waals surface area (Å²) < 4.78 is 7.40. The summed E-state index contributed by atoms with van der Waals surface area (Å²) in [5, 5.41) is 3.00. The molecule has 0 aliphatic heterocycles. The van der Waals surface area contributed by atoms with E-state index in [0.717, 1.165) is 6.42 Å². The molecule has 0 unspecified atom stereocenters. The molecular formula is C20H23N3O2. The van der Waals surface area contributed by atoms with Gasteiger partial charge in [-0.3, -0.25) is 9.20 Å². The number of aryl methyl sites for hydroxylation is 2. The maximum atomic E-state index is 12.7. The minimum absolute atomic E-state index is 0.118. The lowest BCUT2D eigenvalue weighted by Crippen LogP contribution is -2.27. The number of imidazole rings is 1. The van der Waals surface area contributed by atoms with Crippen LogP contribution in [-0.2, 0) is 6.42 Å². The van der Waals surface area contributed by atoms with Crippen molar-refractivity contribution in [3.8, 4) is 5.75 Å². The van der Waals surface area contributed by atoms with Crippen molar-refractivity contribution < 1.29 is 9.53 Å². The van der Waals surface area contributed by atoms with Gasteiger partial charge in [-0.2, -0.15) is 0 Å². The Balaban J connectivity index is 1.77. The predicted molar refractivity (Wildman–Crippen MR) is 98.3 cm³/mol. The van der Waals surface area contributed by atoms with E-state index in [0.29, 0.717) is 35.9 Å². The highest BCUT2D eigenvalue weighted by atomic mass is 16.5. The number of carbonyl (C=O) groups excluding carboxylic acids is 1. The summed E-state index contributed by atoms with van der Waals surface area (Å²) >= 11 is 0. The van der Waals surface area contributed by atoms with Crippen molar-refractivity contribution in [2.24, 2.45) is 0 Å². The van der Waals surface area contributed by atoms with Crippen LogP contribution in [0.25, 0.3) is 5.65 Å². The molecule has 2 heterocycles. The van der Waals surface area contributed by atoms with E-state index in [9.17, 15) is 4.79 Å². The molecule has 0 aliphatic carbocycles. The van der Waals surface area contributed by atoms with Crippen LogP contribution >= 0.6 is 0 Å². The Labute approximate surface area is 147 Å². The van der Waals surface area contributed by atoms with E-state index in [1.165, 1.54) is 11.1 Å². The number of nitrogens with zero attached hydrogens (tertiary/aromatic N) is 2. The molecule has 1 amide bonds. The van der Waals surface area contributed by atoms with Crippen LogP contribution in [0.15, 0.2) is 42.6 Å². The van der Waals surface area contributed by atoms with Crippen molar-refractivity contribution in [1.82, 2.24) is 14.7 Å². The van der Waals surface area contributed by atoms with Gasteiger partial charge in [-0.1, -0.05) is 24.3 Å². The second-order valence-electron chi connectivity index (χ2n) is 5.98. The molecule has 0 aliphatic rings. The van der Waals surface area contributed by atoms with E-state index in [4.69, 9.17) is 4.74 Å². The number of benzene rings is 1. The number of pyridine rings is 1. The van der Waals surface area contributed by atoms with Crippen LogP contribution < -0.4 is 10.1 Å². The highest BCUT2D eigenvalue weighted by molar-refractivity contribution is 5.95. The first-order valence-electron chi connectivity index (χ1n) is 8.55. The first-order valence-corrected chi connectivity index (χ1v) is 8.55. The van der Waals surface area contributed by atoms with Gasteiger partial charge in [0.2, 0.25) is 0 Å². The topological polar surface area (TPSA) is 55.6 Å². The van der Waals surface area contributed by atoms with Gasteiger partial charge in [0.25, 0.3) is 5.91 Å². The third kappa shape index (κ3) is 3.50. The second-order valence-corrected chi connectivity index (χ2v) is 5.98. The number of fused-ring (bicyclic) bond motifs is 1. The Morgan fingerprint density at radius 1 is 1.20 bits per heavy atom. The number of ether oxygens (including phenoxy) is 1. The minimum atomic E-state index is -0.118. The van der Waals surface area contributed by atoms with Gasteiger partial charge in [0, 0.05) is 12.7 Å². The Kier molecular flexibility index (Phi) is 5.03. The highest BCUT2D eigenvalue weighted by Crippen LogP contribution is 2.22. The van der Waals surface area contributed by atoms with Crippen LogP contribution in [0.3, 0.4) is 0 Å². The van der Waals surface area contributed by atoms with Crippen LogP contribution in [0, 0.1) is 13.8 Å². The SMILES string of the molecule is CCOc1cccn2c(C(=O)NCCc3ccccc3C)c(C)nc12. The van der Waals surface area contributed by atoms with E-state index in [1.807, 2.05) is 44.3 Å². The molecule has 130 valence electrons. The zero-order chi connectivity index (χ0) is 17.8. The number of nitrogens with one attached hydrogen (secondary N) is 1. The Morgan fingerprint density at radius 2 is 2.00 bits per heavy atom. The maximum Gasteiger partial charge on any atom is 0.270 e. The predicted octanol–water partition coefficient (Wildman–Crippen LogP) is 3.32. The fraction of sp³-hybridized carbons (Fsp3) is 0.300. The molecule has 0 radical (unpaired) electrons. The van der Waals surface area contributed by atoms with Gasteiger partial charge in [-0.05, 0) is 50.5 Å². The van der Waals surface area contributed by atoms with Gasteiger partial charge < -0.3 is 10.1 Å². The normalized spacial score (nSPS) is 10.8. The highest BCUT2D eigenvalue weighted by Gasteiger charge is 2.18. The quantitative estimate of drug-likeness (QED) is 0.751. The van der Waals surface area contributed by atoms with Crippen LogP contribution in [0.1, 0.15) is 34.2 Å². The number of hydrogen-bond acceptors (Lipinski definition) is 3. The fourth-order valence-electron chi connectivity index (χ4n) is 2.98. The summed E-state index contributed by atoms with van der Waals surface area (Å²) in [5.41, 5.74) is 4.41. The van der Waals surface area contributed by atoms with Crippen molar-refractivity contribution in [3.63, 3.8) is 0 Å². The largest absolute Gasteiger partial charge is 0.490 e. The smallest absolute Gasteiger partial charge is 0.270 e. The van der Waals surface area contributed by atoms with Crippen LogP contribution in [0.5, 0.6) is 5.75 Å². The average Bonchev–Trinajstić information content (AvgIpc) is 2.94. The lowest BCUT2D eigenvalue weighted by Gasteiger charge is -2.09. The molecule has 1 N–H and O–H groups in total. The average molecular weight is 337 g/mol. The van der Waals surface area contributed by atoms with E-state index in [2.05, 4.69) is 29.4 Å². The molecule has 1 aromatic carbocycles. The Hall–Kier alpha value is -2.82. The molecule has 0 spiro atoms. The maximum absolute atomic E-state index is 12.7. The van der Waals surface area contributed by atoms with Gasteiger partial charge in [-0.25, -0.2) is 4.98 Å². The van der Waals surface area contributed by atoms with Crippen molar-refractivity contribution in [2.45, 2.75) is 27.2 Å². The zero-order valence-electron chi connectivity index (χ0n) is 14.9. The van der Waals surface area contributed by atoms with Crippen LogP contribution in [0.2, 0.25) is 0 Å². The van der Waals surface area contributed by atoms with Crippen molar-refractivity contribution in [2.75, 3.05) is 13.2 Å². The number of rotatable bonds is 6. The summed E-state index contributed by atoms with van der Waals surface area (Å²) in [6, 6.07) is 12.0. The second kappa shape index (κ2) is 7.38. The molecule has 0 atom stereocenters. The van der Waals surface area contributed by atoms with Gasteiger partial charge in [0.1, 0.15) is 5.69 Å².